The van der Waals surface area contributed by atoms with Crippen LogP contribution in [-0.4, -0.2) is 79.5 Å². The van der Waals surface area contributed by atoms with Crippen LogP contribution >= 0.6 is 11.3 Å². The van der Waals surface area contributed by atoms with Gasteiger partial charge in [0.2, 0.25) is 17.4 Å². The Balaban J connectivity index is 1.36. The highest BCUT2D eigenvalue weighted by Gasteiger charge is 2.51. The van der Waals surface area contributed by atoms with Gasteiger partial charge in [0.25, 0.3) is 0 Å². The van der Waals surface area contributed by atoms with E-state index in [-0.39, 0.29) is 56.0 Å². The largest absolute Gasteiger partial charge is 0.334 e. The molecular formula is C31H31N7O4S. The van der Waals surface area contributed by atoms with Crippen LogP contribution in [0.15, 0.2) is 89.8 Å². The SMILES string of the molecule is C=CCN1CC(=O)N2[C@@H](Cc3ccc(=O)[nH]c3)C(=O)N(Cc3cccc4scnc34)C[C@@H]2N1C(=O)NCc1ccccc1. The van der Waals surface area contributed by atoms with Gasteiger partial charge in [0, 0.05) is 38.3 Å². The van der Waals surface area contributed by atoms with E-state index < -0.39 is 12.2 Å². The Kier molecular flexibility index (Phi) is 8.03. The number of hydrogen-bond acceptors (Lipinski definition) is 7. The van der Waals surface area contributed by atoms with Crippen LogP contribution in [0.1, 0.15) is 16.7 Å². The van der Waals surface area contributed by atoms with Crippen LogP contribution in [0.5, 0.6) is 0 Å². The summed E-state index contributed by atoms with van der Waals surface area (Å²) in [6.45, 7) is 4.69. The number of H-pyrrole nitrogens is 1. The van der Waals surface area contributed by atoms with Gasteiger partial charge in [0.15, 0.2) is 0 Å². The first-order valence-corrected chi connectivity index (χ1v) is 14.9. The number of carbonyl (C=O) groups is 3. The minimum absolute atomic E-state index is 0.0885. The lowest BCUT2D eigenvalue weighted by atomic mass is 9.99. The molecule has 0 bridgehead atoms. The molecule has 2 atom stereocenters. The van der Waals surface area contributed by atoms with E-state index in [1.807, 2.05) is 48.5 Å². The molecule has 2 aromatic carbocycles. The maximum absolute atomic E-state index is 14.2. The lowest BCUT2D eigenvalue weighted by Gasteiger charge is -2.55. The van der Waals surface area contributed by atoms with Crippen LogP contribution in [0.2, 0.25) is 0 Å². The van der Waals surface area contributed by atoms with Crippen LogP contribution in [0.25, 0.3) is 10.2 Å². The molecule has 4 aromatic rings. The minimum Gasteiger partial charge on any atom is -0.333 e. The number of hydrazine groups is 1. The summed E-state index contributed by atoms with van der Waals surface area (Å²) in [5.74, 6) is -0.493. The van der Waals surface area contributed by atoms with Gasteiger partial charge in [-0.25, -0.2) is 19.8 Å². The molecule has 2 aromatic heterocycles. The molecule has 11 nitrogen and oxygen atoms in total. The number of urea groups is 1. The van der Waals surface area contributed by atoms with Crippen LogP contribution < -0.4 is 10.9 Å². The normalized spacial score (nSPS) is 19.0. The zero-order chi connectivity index (χ0) is 29.9. The summed E-state index contributed by atoms with van der Waals surface area (Å²) < 4.78 is 1.01. The molecule has 2 N–H and O–H groups in total. The number of amides is 4. The van der Waals surface area contributed by atoms with Gasteiger partial charge in [-0.05, 0) is 22.8 Å². The number of aromatic nitrogens is 2. The number of piperazine rings is 1. The van der Waals surface area contributed by atoms with E-state index >= 15 is 0 Å². The molecule has 0 unspecified atom stereocenters. The topological polar surface area (TPSA) is 122 Å². The predicted molar refractivity (Wildman–Crippen MR) is 163 cm³/mol. The van der Waals surface area contributed by atoms with Gasteiger partial charge < -0.3 is 20.1 Å². The van der Waals surface area contributed by atoms with Crippen LogP contribution in [0.3, 0.4) is 0 Å². The second kappa shape index (κ2) is 12.2. The molecule has 2 saturated heterocycles. The van der Waals surface area contributed by atoms with Crippen LogP contribution in [0.4, 0.5) is 4.79 Å². The molecule has 2 aliphatic heterocycles. The van der Waals surface area contributed by atoms with Crippen molar-refractivity contribution in [2.24, 2.45) is 0 Å². The van der Waals surface area contributed by atoms with Gasteiger partial charge >= 0.3 is 6.03 Å². The third kappa shape index (κ3) is 5.79. The number of thiazole rings is 1. The van der Waals surface area contributed by atoms with Crippen molar-refractivity contribution < 1.29 is 14.4 Å². The van der Waals surface area contributed by atoms with Gasteiger partial charge in [-0.1, -0.05) is 54.6 Å². The smallest absolute Gasteiger partial charge is 0.333 e. The van der Waals surface area contributed by atoms with Crippen molar-refractivity contribution in [2.75, 3.05) is 19.6 Å². The lowest BCUT2D eigenvalue weighted by Crippen LogP contribution is -2.76. The van der Waals surface area contributed by atoms with E-state index in [9.17, 15) is 19.2 Å². The molecule has 12 heteroatoms. The van der Waals surface area contributed by atoms with Gasteiger partial charge in [-0.3, -0.25) is 14.4 Å². The average molecular weight is 598 g/mol. The first-order valence-electron chi connectivity index (χ1n) is 14.0. The second-order valence-electron chi connectivity index (χ2n) is 10.5. The Morgan fingerprint density at radius 3 is 2.67 bits per heavy atom. The van der Waals surface area contributed by atoms with Crippen LogP contribution in [0, 0.1) is 0 Å². The summed E-state index contributed by atoms with van der Waals surface area (Å²) in [4.78, 5) is 63.9. The minimum atomic E-state index is -0.887. The van der Waals surface area contributed by atoms with E-state index in [1.165, 1.54) is 22.3 Å². The molecule has 6 rings (SSSR count). The zero-order valence-electron chi connectivity index (χ0n) is 23.4. The predicted octanol–water partition coefficient (Wildman–Crippen LogP) is 2.72. The fourth-order valence-electron chi connectivity index (χ4n) is 5.77. The highest BCUT2D eigenvalue weighted by atomic mass is 32.1. The molecule has 0 radical (unpaired) electrons. The fraction of sp³-hybridized carbons (Fsp3) is 0.258. The first-order chi connectivity index (χ1) is 20.9. The summed E-state index contributed by atoms with van der Waals surface area (Å²) in [5.41, 5.74) is 4.85. The maximum atomic E-state index is 14.2. The number of rotatable bonds is 8. The molecule has 220 valence electrons. The summed E-state index contributed by atoms with van der Waals surface area (Å²) in [5, 5.41) is 6.21. The number of benzene rings is 2. The Morgan fingerprint density at radius 1 is 1.07 bits per heavy atom. The van der Waals surface area contributed by atoms with E-state index in [0.717, 1.165) is 21.3 Å². The number of nitrogens with one attached hydrogen (secondary N) is 2. The summed E-state index contributed by atoms with van der Waals surface area (Å²) in [6, 6.07) is 17.2. The van der Waals surface area contributed by atoms with Gasteiger partial charge in [-0.2, -0.15) is 0 Å². The second-order valence-corrected chi connectivity index (χ2v) is 11.4. The number of para-hydroxylation sites is 1. The number of nitrogens with zero attached hydrogens (tertiary/aromatic N) is 5. The fourth-order valence-corrected chi connectivity index (χ4v) is 6.49. The third-order valence-electron chi connectivity index (χ3n) is 7.75. The Morgan fingerprint density at radius 2 is 1.91 bits per heavy atom. The van der Waals surface area contributed by atoms with E-state index in [2.05, 4.69) is 21.9 Å². The Bertz CT molecular complexity index is 1700. The van der Waals surface area contributed by atoms with Crippen molar-refractivity contribution in [3.05, 3.63) is 112 Å². The number of pyridine rings is 1. The van der Waals surface area contributed by atoms with Crippen molar-refractivity contribution in [3.8, 4) is 0 Å². The molecule has 0 aliphatic carbocycles. The Labute approximate surface area is 252 Å². The molecule has 2 fully saturated rings. The molecule has 4 heterocycles. The van der Waals surface area contributed by atoms with E-state index in [0.29, 0.717) is 12.1 Å². The number of aromatic amines is 1. The Hall–Kier alpha value is -4.81. The van der Waals surface area contributed by atoms with Crippen molar-refractivity contribution in [2.45, 2.75) is 31.7 Å². The average Bonchev–Trinajstić information content (AvgIpc) is 3.50. The summed E-state index contributed by atoms with van der Waals surface area (Å²) >= 11 is 1.53. The molecular weight excluding hydrogens is 566 g/mol. The molecule has 0 spiro atoms. The van der Waals surface area contributed by atoms with Crippen molar-refractivity contribution >= 4 is 39.4 Å². The quantitative estimate of drug-likeness (QED) is 0.301. The van der Waals surface area contributed by atoms with Crippen molar-refractivity contribution in [1.82, 2.24) is 35.1 Å². The van der Waals surface area contributed by atoms with Crippen LogP contribution in [-0.2, 0) is 29.1 Å². The number of fused-ring (bicyclic) bond motifs is 2. The zero-order valence-corrected chi connectivity index (χ0v) is 24.2. The lowest BCUT2D eigenvalue weighted by molar-refractivity contribution is -0.189. The summed E-state index contributed by atoms with van der Waals surface area (Å²) in [6.07, 6.45) is 2.61. The van der Waals surface area contributed by atoms with E-state index in [1.54, 1.807) is 38.8 Å². The molecule has 2 aliphatic rings. The monoisotopic (exact) mass is 597 g/mol. The van der Waals surface area contributed by atoms with Crippen molar-refractivity contribution in [1.29, 1.82) is 0 Å². The number of hydrogen-bond donors (Lipinski definition) is 2. The van der Waals surface area contributed by atoms with Gasteiger partial charge in [0.05, 0.1) is 28.8 Å². The highest BCUT2D eigenvalue weighted by Crippen LogP contribution is 2.30. The van der Waals surface area contributed by atoms with E-state index in [4.69, 9.17) is 0 Å². The first kappa shape index (κ1) is 28.3. The number of carbonyl (C=O) groups excluding carboxylic acids is 3. The van der Waals surface area contributed by atoms with Gasteiger partial charge in [0.1, 0.15) is 12.2 Å². The summed E-state index contributed by atoms with van der Waals surface area (Å²) in [7, 11) is 0. The molecule has 0 saturated carbocycles. The third-order valence-corrected chi connectivity index (χ3v) is 8.54. The van der Waals surface area contributed by atoms with Gasteiger partial charge in [-0.15, -0.1) is 17.9 Å². The maximum Gasteiger partial charge on any atom is 0.334 e. The highest BCUT2D eigenvalue weighted by molar-refractivity contribution is 7.16. The standard InChI is InChI=1S/C31H31N7O4S/c1-2-13-36-19-28(40)37-24(14-22-11-12-26(39)32-16-22)30(41)35(17-23-9-6-10-25-29(23)34-20-43-25)18-27(37)38(36)31(42)33-15-21-7-4-3-5-8-21/h2-12,16,20,24,27H,1,13-15,17-19H2,(H,32,39)(H,33,42)/t24-,27-/m0/s1. The van der Waals surface area contributed by atoms with Crippen molar-refractivity contribution in [3.63, 3.8) is 0 Å². The molecule has 4 amide bonds. The molecule has 43 heavy (non-hydrogen) atoms.